The number of aromatic nitrogens is 1. The number of hydrogen-bond acceptors (Lipinski definition) is 3. The number of nitrogens with zero attached hydrogens (tertiary/aromatic N) is 3. The molecule has 1 aromatic heterocycles. The largest absolute Gasteiger partial charge is 0.298 e. The highest BCUT2D eigenvalue weighted by atomic mass is 35.5. The smallest absolute Gasteiger partial charge is 0.135 e. The third kappa shape index (κ3) is 4.06. The molecule has 0 radical (unpaired) electrons. The second kappa shape index (κ2) is 6.89. The fourth-order valence-electron chi connectivity index (χ4n) is 2.42. The average Bonchev–Trinajstić information content (AvgIpc) is 2.42. The Hall–Kier alpha value is -0.350. The van der Waals surface area contributed by atoms with Crippen molar-refractivity contribution in [1.82, 2.24) is 14.8 Å². The number of hydrogen-bond donors (Lipinski definition) is 0. The second-order valence-corrected chi connectivity index (χ2v) is 5.90. The van der Waals surface area contributed by atoms with Crippen molar-refractivity contribution < 1.29 is 0 Å². The molecule has 1 saturated heterocycles. The maximum Gasteiger partial charge on any atom is 0.135 e. The van der Waals surface area contributed by atoms with Crippen LogP contribution in [0.2, 0.25) is 10.3 Å². The summed E-state index contributed by atoms with van der Waals surface area (Å²) >= 11 is 11.9. The van der Waals surface area contributed by atoms with Crippen LogP contribution in [-0.4, -0.2) is 47.0 Å². The first-order chi connectivity index (χ1) is 9.10. The minimum atomic E-state index is 0.454. The molecule has 0 N–H and O–H groups in total. The summed E-state index contributed by atoms with van der Waals surface area (Å²) in [7, 11) is 0. The highest BCUT2D eigenvalue weighted by Crippen LogP contribution is 2.19. The Kier molecular flexibility index (Phi) is 5.46. The Morgan fingerprint density at radius 2 is 1.89 bits per heavy atom. The van der Waals surface area contributed by atoms with E-state index in [1.165, 1.54) is 6.42 Å². The van der Waals surface area contributed by atoms with Crippen LogP contribution in [0.15, 0.2) is 12.1 Å². The van der Waals surface area contributed by atoms with E-state index in [9.17, 15) is 0 Å². The second-order valence-electron chi connectivity index (χ2n) is 5.15. The summed E-state index contributed by atoms with van der Waals surface area (Å²) < 4.78 is 0. The molecule has 106 valence electrons. The Labute approximate surface area is 125 Å². The van der Waals surface area contributed by atoms with Gasteiger partial charge in [0.1, 0.15) is 10.3 Å². The summed E-state index contributed by atoms with van der Waals surface area (Å²) in [6, 6.07) is 4.46. The Balaban J connectivity index is 1.88. The Morgan fingerprint density at radius 1 is 1.21 bits per heavy atom. The molecule has 2 rings (SSSR count). The molecule has 1 fully saturated rings. The van der Waals surface area contributed by atoms with E-state index < -0.39 is 0 Å². The lowest BCUT2D eigenvalue weighted by Crippen LogP contribution is -2.49. The number of rotatable bonds is 4. The van der Waals surface area contributed by atoms with Crippen LogP contribution in [0, 0.1) is 0 Å². The van der Waals surface area contributed by atoms with Gasteiger partial charge in [0.2, 0.25) is 0 Å². The first-order valence-electron chi connectivity index (χ1n) is 6.87. The van der Waals surface area contributed by atoms with Crippen molar-refractivity contribution in [1.29, 1.82) is 0 Å². The molecule has 0 aliphatic carbocycles. The van der Waals surface area contributed by atoms with Crippen molar-refractivity contribution in [3.8, 4) is 0 Å². The topological polar surface area (TPSA) is 19.4 Å². The molecule has 1 aliphatic heterocycles. The summed E-state index contributed by atoms with van der Waals surface area (Å²) in [5, 5.41) is 0.979. The molecular weight excluding hydrogens is 281 g/mol. The monoisotopic (exact) mass is 301 g/mol. The van der Waals surface area contributed by atoms with E-state index >= 15 is 0 Å². The molecule has 3 nitrogen and oxygen atoms in total. The van der Waals surface area contributed by atoms with Gasteiger partial charge in [0.25, 0.3) is 0 Å². The van der Waals surface area contributed by atoms with Gasteiger partial charge in [-0.2, -0.15) is 0 Å². The van der Waals surface area contributed by atoms with Crippen LogP contribution < -0.4 is 0 Å². The predicted molar refractivity (Wildman–Crippen MR) is 80.9 cm³/mol. The highest BCUT2D eigenvalue weighted by Gasteiger charge is 2.20. The highest BCUT2D eigenvalue weighted by molar-refractivity contribution is 6.32. The van der Waals surface area contributed by atoms with Gasteiger partial charge >= 0.3 is 0 Å². The van der Waals surface area contributed by atoms with Crippen LogP contribution in [0.5, 0.6) is 0 Å². The lowest BCUT2D eigenvalue weighted by molar-refractivity contribution is 0.0963. The third-order valence-corrected chi connectivity index (χ3v) is 4.44. The molecule has 2 heterocycles. The van der Waals surface area contributed by atoms with Gasteiger partial charge in [0.15, 0.2) is 0 Å². The van der Waals surface area contributed by atoms with Crippen molar-refractivity contribution in [2.75, 3.05) is 26.2 Å². The van der Waals surface area contributed by atoms with E-state index in [1.807, 2.05) is 6.07 Å². The fourth-order valence-corrected chi connectivity index (χ4v) is 2.82. The normalized spacial score (nSPS) is 19.6. The van der Waals surface area contributed by atoms with Crippen molar-refractivity contribution >= 4 is 23.2 Å². The number of piperazine rings is 1. The summed E-state index contributed by atoms with van der Waals surface area (Å²) in [6.07, 6.45) is 1.22. The van der Waals surface area contributed by atoms with Gasteiger partial charge in [-0.25, -0.2) is 4.98 Å². The number of pyridine rings is 1. The maximum absolute atomic E-state index is 6.12. The molecule has 1 aliphatic rings. The third-order valence-electron chi connectivity index (χ3n) is 3.91. The van der Waals surface area contributed by atoms with E-state index in [0.29, 0.717) is 16.3 Å². The zero-order valence-electron chi connectivity index (χ0n) is 11.6. The first kappa shape index (κ1) is 15.0. The molecule has 0 bridgehead atoms. The molecule has 0 amide bonds. The quantitative estimate of drug-likeness (QED) is 0.796. The van der Waals surface area contributed by atoms with Crippen molar-refractivity contribution in [3.05, 3.63) is 28.0 Å². The van der Waals surface area contributed by atoms with Crippen molar-refractivity contribution in [2.24, 2.45) is 0 Å². The van der Waals surface area contributed by atoms with Gasteiger partial charge in [-0.1, -0.05) is 36.2 Å². The van der Waals surface area contributed by atoms with Gasteiger partial charge in [-0.3, -0.25) is 9.80 Å². The predicted octanol–water partition coefficient (Wildman–Crippen LogP) is 3.30. The maximum atomic E-state index is 6.12. The SMILES string of the molecule is CCC(C)N1CCN(Cc2ccc(Cl)nc2Cl)CC1. The van der Waals surface area contributed by atoms with Gasteiger partial charge < -0.3 is 0 Å². The lowest BCUT2D eigenvalue weighted by atomic mass is 10.2. The van der Waals surface area contributed by atoms with Crippen molar-refractivity contribution in [3.63, 3.8) is 0 Å². The molecule has 1 aromatic rings. The summed E-state index contributed by atoms with van der Waals surface area (Å²) in [4.78, 5) is 9.07. The lowest BCUT2D eigenvalue weighted by Gasteiger charge is -2.37. The summed E-state index contributed by atoms with van der Waals surface area (Å²) in [6.45, 7) is 9.84. The molecule has 1 unspecified atom stereocenters. The summed E-state index contributed by atoms with van der Waals surface area (Å²) in [5.74, 6) is 0. The van der Waals surface area contributed by atoms with E-state index in [4.69, 9.17) is 23.2 Å². The number of halogens is 2. The van der Waals surface area contributed by atoms with E-state index in [0.717, 1.165) is 38.3 Å². The molecule has 5 heteroatoms. The fraction of sp³-hybridized carbons (Fsp3) is 0.643. The average molecular weight is 302 g/mol. The van der Waals surface area contributed by atoms with E-state index in [1.54, 1.807) is 6.07 Å². The van der Waals surface area contributed by atoms with E-state index in [2.05, 4.69) is 28.6 Å². The van der Waals surface area contributed by atoms with Gasteiger partial charge in [0.05, 0.1) is 0 Å². The van der Waals surface area contributed by atoms with Crippen LogP contribution in [-0.2, 0) is 6.54 Å². The van der Waals surface area contributed by atoms with Gasteiger partial charge in [-0.15, -0.1) is 0 Å². The molecule has 0 aromatic carbocycles. The van der Waals surface area contributed by atoms with Crippen LogP contribution >= 0.6 is 23.2 Å². The molecule has 19 heavy (non-hydrogen) atoms. The van der Waals surface area contributed by atoms with Crippen LogP contribution in [0.1, 0.15) is 25.8 Å². The van der Waals surface area contributed by atoms with Crippen LogP contribution in [0.25, 0.3) is 0 Å². The standard InChI is InChI=1S/C14H21Cl2N3/c1-3-11(2)19-8-6-18(7-9-19)10-12-4-5-13(15)17-14(12)16/h4-5,11H,3,6-10H2,1-2H3. The minimum Gasteiger partial charge on any atom is -0.298 e. The van der Waals surface area contributed by atoms with Gasteiger partial charge in [0, 0.05) is 44.3 Å². The Morgan fingerprint density at radius 3 is 2.47 bits per heavy atom. The van der Waals surface area contributed by atoms with E-state index in [-0.39, 0.29) is 0 Å². The molecule has 0 spiro atoms. The van der Waals surface area contributed by atoms with Gasteiger partial charge in [-0.05, 0) is 19.4 Å². The minimum absolute atomic E-state index is 0.454. The first-order valence-corrected chi connectivity index (χ1v) is 7.63. The van der Waals surface area contributed by atoms with Crippen LogP contribution in [0.3, 0.4) is 0 Å². The zero-order valence-corrected chi connectivity index (χ0v) is 13.1. The molecular formula is C14H21Cl2N3. The molecule has 0 saturated carbocycles. The molecule has 1 atom stereocenters. The zero-order chi connectivity index (χ0) is 13.8. The van der Waals surface area contributed by atoms with Crippen LogP contribution in [0.4, 0.5) is 0 Å². The van der Waals surface area contributed by atoms with Crippen molar-refractivity contribution in [2.45, 2.75) is 32.9 Å². The Bertz CT molecular complexity index is 417. The summed E-state index contributed by atoms with van der Waals surface area (Å²) in [5.41, 5.74) is 1.06.